The molecule has 108 valence electrons. The quantitative estimate of drug-likeness (QED) is 0.566. The molecule has 1 nitrogen and oxygen atoms in total. The van der Waals surface area contributed by atoms with E-state index in [1.165, 1.54) is 16.3 Å². The Morgan fingerprint density at radius 2 is 1.52 bits per heavy atom. The van der Waals surface area contributed by atoms with Crippen molar-refractivity contribution >= 4 is 26.7 Å². The Labute approximate surface area is 134 Å². The Hall–Kier alpha value is -1.80. The van der Waals surface area contributed by atoms with Gasteiger partial charge in [0.25, 0.3) is 0 Å². The van der Waals surface area contributed by atoms with E-state index in [1.54, 1.807) is 7.11 Å². The summed E-state index contributed by atoms with van der Waals surface area (Å²) in [5.74, 6) is 0.991. The molecular weight excluding hydrogens is 324 g/mol. The van der Waals surface area contributed by atoms with Crippen molar-refractivity contribution in [3.05, 3.63) is 76.8 Å². The zero-order chi connectivity index (χ0) is 15.1. The van der Waals surface area contributed by atoms with E-state index in [-0.39, 0.29) is 0 Å². The third kappa shape index (κ3) is 4.33. The zero-order valence-electron chi connectivity index (χ0n) is 12.3. The SMILES string of the molecule is Brc1ccc2ccccc2c1.CCc1ccccc1OC. The van der Waals surface area contributed by atoms with E-state index in [0.29, 0.717) is 0 Å². The summed E-state index contributed by atoms with van der Waals surface area (Å²) in [6.45, 7) is 2.12. The third-order valence-corrected chi connectivity index (χ3v) is 3.78. The summed E-state index contributed by atoms with van der Waals surface area (Å²) in [6, 6.07) is 22.7. The maximum Gasteiger partial charge on any atom is 0.122 e. The van der Waals surface area contributed by atoms with Crippen molar-refractivity contribution in [3.63, 3.8) is 0 Å². The summed E-state index contributed by atoms with van der Waals surface area (Å²) in [5, 5.41) is 2.57. The van der Waals surface area contributed by atoms with Gasteiger partial charge in [-0.05, 0) is 41.0 Å². The van der Waals surface area contributed by atoms with Crippen LogP contribution < -0.4 is 4.74 Å². The van der Waals surface area contributed by atoms with Gasteiger partial charge in [-0.3, -0.25) is 0 Å². The Morgan fingerprint density at radius 1 is 0.857 bits per heavy atom. The summed E-state index contributed by atoms with van der Waals surface area (Å²) in [6.07, 6.45) is 1.03. The maximum absolute atomic E-state index is 5.14. The molecule has 0 atom stereocenters. The lowest BCUT2D eigenvalue weighted by Crippen LogP contribution is -1.88. The average molecular weight is 343 g/mol. The van der Waals surface area contributed by atoms with Crippen LogP contribution in [0.15, 0.2) is 71.2 Å². The molecule has 3 aromatic rings. The van der Waals surface area contributed by atoms with Crippen molar-refractivity contribution in [2.24, 2.45) is 0 Å². The summed E-state index contributed by atoms with van der Waals surface area (Å²) in [4.78, 5) is 0. The summed E-state index contributed by atoms with van der Waals surface area (Å²) in [7, 11) is 1.70. The molecule has 0 bridgehead atoms. The highest BCUT2D eigenvalue weighted by molar-refractivity contribution is 9.10. The zero-order valence-corrected chi connectivity index (χ0v) is 13.9. The number of ether oxygens (including phenoxy) is 1. The van der Waals surface area contributed by atoms with Crippen LogP contribution in [-0.4, -0.2) is 7.11 Å². The molecule has 0 aromatic heterocycles. The molecule has 0 spiro atoms. The van der Waals surface area contributed by atoms with Gasteiger partial charge < -0.3 is 4.74 Å². The molecule has 21 heavy (non-hydrogen) atoms. The molecule has 0 unspecified atom stereocenters. The molecule has 0 fully saturated rings. The van der Waals surface area contributed by atoms with E-state index in [0.717, 1.165) is 16.6 Å². The first-order valence-corrected chi connectivity index (χ1v) is 7.80. The first kappa shape index (κ1) is 15.6. The van der Waals surface area contributed by atoms with E-state index < -0.39 is 0 Å². The van der Waals surface area contributed by atoms with E-state index >= 15 is 0 Å². The van der Waals surface area contributed by atoms with Gasteiger partial charge in [0.05, 0.1) is 7.11 Å². The molecule has 0 radical (unpaired) electrons. The molecule has 0 heterocycles. The highest BCUT2D eigenvalue weighted by Gasteiger charge is 1.95. The monoisotopic (exact) mass is 342 g/mol. The van der Waals surface area contributed by atoms with Gasteiger partial charge >= 0.3 is 0 Å². The molecule has 0 aliphatic carbocycles. The fraction of sp³-hybridized carbons (Fsp3) is 0.158. The number of hydrogen-bond acceptors (Lipinski definition) is 1. The minimum absolute atomic E-state index is 0.991. The number of aryl methyl sites for hydroxylation is 1. The minimum Gasteiger partial charge on any atom is -0.496 e. The van der Waals surface area contributed by atoms with E-state index in [1.807, 2.05) is 18.2 Å². The van der Waals surface area contributed by atoms with Crippen LogP contribution in [0.1, 0.15) is 12.5 Å². The number of hydrogen-bond donors (Lipinski definition) is 0. The number of rotatable bonds is 2. The van der Waals surface area contributed by atoms with E-state index in [4.69, 9.17) is 4.74 Å². The Morgan fingerprint density at radius 3 is 2.19 bits per heavy atom. The maximum atomic E-state index is 5.14. The van der Waals surface area contributed by atoms with Crippen LogP contribution in [0.3, 0.4) is 0 Å². The first-order chi connectivity index (χ1) is 10.2. The van der Waals surface area contributed by atoms with Crippen molar-refractivity contribution < 1.29 is 4.74 Å². The van der Waals surface area contributed by atoms with E-state index in [9.17, 15) is 0 Å². The fourth-order valence-electron chi connectivity index (χ4n) is 2.16. The molecule has 0 amide bonds. The highest BCUT2D eigenvalue weighted by atomic mass is 79.9. The van der Waals surface area contributed by atoms with Crippen molar-refractivity contribution in [1.82, 2.24) is 0 Å². The summed E-state index contributed by atoms with van der Waals surface area (Å²) in [5.41, 5.74) is 1.27. The number of methoxy groups -OCH3 is 1. The van der Waals surface area contributed by atoms with Crippen molar-refractivity contribution in [2.45, 2.75) is 13.3 Å². The van der Waals surface area contributed by atoms with Gasteiger partial charge in [0.1, 0.15) is 5.75 Å². The summed E-state index contributed by atoms with van der Waals surface area (Å²) < 4.78 is 6.27. The van der Waals surface area contributed by atoms with Crippen LogP contribution in [0, 0.1) is 0 Å². The van der Waals surface area contributed by atoms with Crippen LogP contribution in [0.25, 0.3) is 10.8 Å². The van der Waals surface area contributed by atoms with Gasteiger partial charge in [-0.1, -0.05) is 71.4 Å². The summed E-state index contributed by atoms with van der Waals surface area (Å²) >= 11 is 3.43. The topological polar surface area (TPSA) is 9.23 Å². The predicted molar refractivity (Wildman–Crippen MR) is 94.0 cm³/mol. The molecule has 0 saturated heterocycles. The minimum atomic E-state index is 0.991. The Balaban J connectivity index is 0.000000155. The molecule has 3 aromatic carbocycles. The van der Waals surface area contributed by atoms with Crippen molar-refractivity contribution in [3.8, 4) is 5.75 Å². The molecule has 0 N–H and O–H groups in total. The second-order valence-electron chi connectivity index (χ2n) is 4.66. The van der Waals surface area contributed by atoms with Crippen molar-refractivity contribution in [1.29, 1.82) is 0 Å². The van der Waals surface area contributed by atoms with Gasteiger partial charge in [-0.2, -0.15) is 0 Å². The fourth-order valence-corrected chi connectivity index (χ4v) is 2.53. The molecule has 0 aliphatic heterocycles. The van der Waals surface area contributed by atoms with Gasteiger partial charge in [-0.15, -0.1) is 0 Å². The normalized spacial score (nSPS) is 9.86. The Kier molecular flexibility index (Phi) is 5.82. The number of fused-ring (bicyclic) bond motifs is 1. The molecule has 0 aliphatic rings. The van der Waals surface area contributed by atoms with Gasteiger partial charge in [0.2, 0.25) is 0 Å². The number of halogens is 1. The van der Waals surface area contributed by atoms with Gasteiger partial charge in [-0.25, -0.2) is 0 Å². The highest BCUT2D eigenvalue weighted by Crippen LogP contribution is 2.18. The third-order valence-electron chi connectivity index (χ3n) is 3.28. The number of para-hydroxylation sites is 1. The molecule has 2 heteroatoms. The van der Waals surface area contributed by atoms with Crippen LogP contribution in [-0.2, 0) is 6.42 Å². The van der Waals surface area contributed by atoms with Gasteiger partial charge in [0.15, 0.2) is 0 Å². The second kappa shape index (κ2) is 7.84. The first-order valence-electron chi connectivity index (χ1n) is 7.00. The lowest BCUT2D eigenvalue weighted by molar-refractivity contribution is 0.410. The standard InChI is InChI=1S/C10H7Br.C9H12O/c11-10-6-5-8-3-1-2-4-9(8)7-10;1-3-8-6-4-5-7-9(8)10-2/h1-7H;4-7H,3H2,1-2H3. The second-order valence-corrected chi connectivity index (χ2v) is 5.57. The molecule has 3 rings (SSSR count). The Bertz CT molecular complexity index is 684. The smallest absolute Gasteiger partial charge is 0.122 e. The lowest BCUT2D eigenvalue weighted by Gasteiger charge is -2.03. The van der Waals surface area contributed by atoms with Crippen LogP contribution in [0.4, 0.5) is 0 Å². The van der Waals surface area contributed by atoms with Crippen molar-refractivity contribution in [2.75, 3.05) is 7.11 Å². The number of benzene rings is 3. The molecule has 0 saturated carbocycles. The van der Waals surface area contributed by atoms with Gasteiger partial charge in [0, 0.05) is 4.47 Å². The largest absolute Gasteiger partial charge is 0.496 e. The van der Waals surface area contributed by atoms with E-state index in [2.05, 4.69) is 71.4 Å². The van der Waals surface area contributed by atoms with Crippen LogP contribution in [0.5, 0.6) is 5.75 Å². The molecular formula is C19H19BrO. The van der Waals surface area contributed by atoms with Crippen LogP contribution >= 0.6 is 15.9 Å². The lowest BCUT2D eigenvalue weighted by atomic mass is 10.1. The average Bonchev–Trinajstić information content (AvgIpc) is 2.55. The van der Waals surface area contributed by atoms with Crippen LogP contribution in [0.2, 0.25) is 0 Å². The predicted octanol–water partition coefficient (Wildman–Crippen LogP) is 5.86.